The number of rotatable bonds is 8. The highest BCUT2D eigenvalue weighted by Gasteiger charge is 2.40. The number of carbonyl (C=O) groups is 1. The quantitative estimate of drug-likeness (QED) is 0.507. The smallest absolute Gasteiger partial charge is 0.287 e. The molecular weight excluding hydrogens is 403 g/mol. The van der Waals surface area contributed by atoms with Crippen molar-refractivity contribution in [3.63, 3.8) is 0 Å². The van der Waals surface area contributed by atoms with E-state index >= 15 is 0 Å². The summed E-state index contributed by atoms with van der Waals surface area (Å²) in [6, 6.07) is 8.63. The second-order valence-electron chi connectivity index (χ2n) is 9.31. The number of fused-ring (bicyclic) bond motifs is 1. The van der Waals surface area contributed by atoms with Crippen LogP contribution in [-0.2, 0) is 11.3 Å². The molecule has 3 unspecified atom stereocenters. The van der Waals surface area contributed by atoms with Crippen LogP contribution in [0, 0.1) is 19.8 Å². The number of likely N-dealkylation sites (tertiary alicyclic amines) is 1. The Morgan fingerprint density at radius 1 is 1.19 bits per heavy atom. The van der Waals surface area contributed by atoms with Crippen molar-refractivity contribution < 1.29 is 18.7 Å². The summed E-state index contributed by atoms with van der Waals surface area (Å²) in [4.78, 5) is 15.2. The van der Waals surface area contributed by atoms with Gasteiger partial charge in [0.05, 0.1) is 12.3 Å². The monoisotopic (exact) mass is 438 g/mol. The second kappa shape index (κ2) is 10.1. The number of furan rings is 1. The van der Waals surface area contributed by atoms with Crippen LogP contribution in [0.4, 0.5) is 0 Å². The highest BCUT2D eigenvalue weighted by Crippen LogP contribution is 2.38. The Morgan fingerprint density at radius 2 is 2.03 bits per heavy atom. The van der Waals surface area contributed by atoms with Crippen molar-refractivity contribution in [1.82, 2.24) is 10.2 Å². The van der Waals surface area contributed by atoms with Crippen LogP contribution in [-0.4, -0.2) is 57.6 Å². The SMILES string of the molecule is Bc1ccc(C(=O)NC2CC3CCCN(Cc4ccc(OCCOC)c(C)c4C)C3C2)o1. The number of nitrogens with zero attached hydrogens (tertiary/aromatic N) is 1. The first kappa shape index (κ1) is 22.9. The molecule has 1 aliphatic heterocycles. The van der Waals surface area contributed by atoms with Gasteiger partial charge in [-0.15, -0.1) is 0 Å². The fraction of sp³-hybridized carbons (Fsp3) is 0.560. The van der Waals surface area contributed by atoms with Crippen LogP contribution in [0.1, 0.15) is 52.9 Å². The molecule has 1 aliphatic carbocycles. The number of carbonyl (C=O) groups excluding carboxylic acids is 1. The molecule has 172 valence electrons. The molecule has 4 rings (SSSR count). The lowest BCUT2D eigenvalue weighted by atomic mass is 9.91. The Hall–Kier alpha value is -2.25. The molecule has 2 aliphatic rings. The third-order valence-corrected chi connectivity index (χ3v) is 7.21. The van der Waals surface area contributed by atoms with Gasteiger partial charge < -0.3 is 19.2 Å². The number of amides is 1. The Morgan fingerprint density at radius 3 is 2.78 bits per heavy atom. The van der Waals surface area contributed by atoms with Crippen LogP contribution in [0.25, 0.3) is 0 Å². The minimum absolute atomic E-state index is 0.0937. The number of ether oxygens (including phenoxy) is 2. The lowest BCUT2D eigenvalue weighted by Gasteiger charge is -2.38. The van der Waals surface area contributed by atoms with Crippen LogP contribution in [0.5, 0.6) is 5.75 Å². The molecule has 2 fully saturated rings. The number of hydrogen-bond donors (Lipinski definition) is 1. The minimum atomic E-state index is -0.0937. The lowest BCUT2D eigenvalue weighted by molar-refractivity contribution is 0.0906. The summed E-state index contributed by atoms with van der Waals surface area (Å²) in [6.07, 6.45) is 4.52. The first-order chi connectivity index (χ1) is 15.5. The molecule has 6 nitrogen and oxygen atoms in total. The Balaban J connectivity index is 1.39. The van der Waals surface area contributed by atoms with Gasteiger partial charge in [-0.25, -0.2) is 0 Å². The van der Waals surface area contributed by atoms with E-state index in [4.69, 9.17) is 13.9 Å². The molecule has 2 aromatic rings. The number of nitrogens with one attached hydrogen (secondary N) is 1. The van der Waals surface area contributed by atoms with E-state index in [0.717, 1.165) is 37.3 Å². The molecule has 3 atom stereocenters. The number of methoxy groups -OCH3 is 1. The van der Waals surface area contributed by atoms with Crippen molar-refractivity contribution in [2.75, 3.05) is 26.9 Å². The average Bonchev–Trinajstić information content (AvgIpc) is 3.39. The van der Waals surface area contributed by atoms with E-state index in [1.165, 1.54) is 29.5 Å². The normalized spacial score (nSPS) is 23.2. The van der Waals surface area contributed by atoms with Gasteiger partial charge in [-0.1, -0.05) is 6.07 Å². The molecule has 0 spiro atoms. The molecule has 2 heterocycles. The van der Waals surface area contributed by atoms with Crippen molar-refractivity contribution >= 4 is 19.4 Å². The Bertz CT molecular complexity index is 944. The van der Waals surface area contributed by atoms with Gasteiger partial charge in [0.1, 0.15) is 12.4 Å². The number of piperidine rings is 1. The summed E-state index contributed by atoms with van der Waals surface area (Å²) >= 11 is 0. The maximum atomic E-state index is 12.6. The fourth-order valence-electron chi connectivity index (χ4n) is 5.34. The molecule has 1 saturated carbocycles. The molecule has 1 aromatic carbocycles. The molecular formula is C25H35BN2O4. The zero-order chi connectivity index (χ0) is 22.7. The van der Waals surface area contributed by atoms with E-state index in [1.807, 2.05) is 13.9 Å². The fourth-order valence-corrected chi connectivity index (χ4v) is 5.34. The largest absolute Gasteiger partial charge is 0.491 e. The summed E-state index contributed by atoms with van der Waals surface area (Å²) in [7, 11) is 3.55. The Labute approximate surface area is 192 Å². The van der Waals surface area contributed by atoms with Crippen molar-refractivity contribution in [1.29, 1.82) is 0 Å². The van der Waals surface area contributed by atoms with Gasteiger partial charge in [0.2, 0.25) is 0 Å². The summed E-state index contributed by atoms with van der Waals surface area (Å²) in [5.41, 5.74) is 4.64. The maximum absolute atomic E-state index is 12.6. The predicted octanol–water partition coefficient (Wildman–Crippen LogP) is 2.35. The number of hydrogen-bond acceptors (Lipinski definition) is 5. The van der Waals surface area contributed by atoms with Crippen LogP contribution in [0.15, 0.2) is 28.7 Å². The summed E-state index contributed by atoms with van der Waals surface area (Å²) in [5.74, 6) is 1.90. The van der Waals surface area contributed by atoms with Gasteiger partial charge in [-0.2, -0.15) is 0 Å². The Kier molecular flexibility index (Phi) is 7.26. The highest BCUT2D eigenvalue weighted by atomic mass is 16.5. The zero-order valence-electron chi connectivity index (χ0n) is 19.8. The molecule has 7 heteroatoms. The van der Waals surface area contributed by atoms with E-state index in [9.17, 15) is 4.79 Å². The van der Waals surface area contributed by atoms with Gasteiger partial charge in [-0.3, -0.25) is 9.69 Å². The first-order valence-electron chi connectivity index (χ1n) is 11.8. The maximum Gasteiger partial charge on any atom is 0.287 e. The van der Waals surface area contributed by atoms with E-state index in [-0.39, 0.29) is 11.9 Å². The van der Waals surface area contributed by atoms with Gasteiger partial charge in [0.25, 0.3) is 5.91 Å². The summed E-state index contributed by atoms with van der Waals surface area (Å²) < 4.78 is 16.5. The molecule has 1 amide bonds. The summed E-state index contributed by atoms with van der Waals surface area (Å²) in [6.45, 7) is 7.55. The molecule has 32 heavy (non-hydrogen) atoms. The van der Waals surface area contributed by atoms with E-state index < -0.39 is 0 Å². The van der Waals surface area contributed by atoms with Crippen LogP contribution in [0.3, 0.4) is 0 Å². The average molecular weight is 438 g/mol. The van der Waals surface area contributed by atoms with E-state index in [2.05, 4.69) is 36.2 Å². The van der Waals surface area contributed by atoms with Crippen LogP contribution < -0.4 is 15.7 Å². The molecule has 1 aromatic heterocycles. The predicted molar refractivity (Wildman–Crippen MR) is 128 cm³/mol. The van der Waals surface area contributed by atoms with Gasteiger partial charge in [0.15, 0.2) is 13.6 Å². The lowest BCUT2D eigenvalue weighted by Crippen LogP contribution is -2.42. The minimum Gasteiger partial charge on any atom is -0.491 e. The molecule has 1 N–H and O–H groups in total. The first-order valence-corrected chi connectivity index (χ1v) is 11.8. The van der Waals surface area contributed by atoms with Crippen LogP contribution in [0.2, 0.25) is 0 Å². The van der Waals surface area contributed by atoms with Gasteiger partial charge in [0, 0.05) is 25.7 Å². The van der Waals surface area contributed by atoms with Gasteiger partial charge >= 0.3 is 0 Å². The third kappa shape index (κ3) is 5.04. The second-order valence-corrected chi connectivity index (χ2v) is 9.31. The molecule has 0 radical (unpaired) electrons. The summed E-state index contributed by atoms with van der Waals surface area (Å²) in [5, 5.41) is 3.22. The highest BCUT2D eigenvalue weighted by molar-refractivity contribution is 6.30. The topological polar surface area (TPSA) is 63.9 Å². The standard InChI is InChI=1S/C25H35BN2O4/c1-16-17(2)22(31-12-11-30-3)7-6-19(16)15-28-10-4-5-18-13-20(14-21(18)28)27-25(29)23-8-9-24(26)32-23/h6-9,18,20-21H,4-5,10-15,26H2,1-3H3,(H,27,29). The van der Waals surface area contributed by atoms with Crippen molar-refractivity contribution in [3.8, 4) is 5.75 Å². The van der Waals surface area contributed by atoms with E-state index in [0.29, 0.717) is 30.9 Å². The third-order valence-electron chi connectivity index (χ3n) is 7.21. The van der Waals surface area contributed by atoms with Crippen LogP contribution >= 0.6 is 0 Å². The van der Waals surface area contributed by atoms with Crippen molar-refractivity contribution in [2.24, 2.45) is 5.92 Å². The van der Waals surface area contributed by atoms with Crippen molar-refractivity contribution in [3.05, 3.63) is 46.7 Å². The number of benzene rings is 1. The van der Waals surface area contributed by atoms with Crippen molar-refractivity contribution in [2.45, 2.75) is 58.2 Å². The molecule has 1 saturated heterocycles. The van der Waals surface area contributed by atoms with E-state index in [1.54, 1.807) is 13.2 Å². The molecule has 0 bridgehead atoms. The van der Waals surface area contributed by atoms with Gasteiger partial charge in [-0.05, 0) is 86.9 Å². The zero-order valence-corrected chi connectivity index (χ0v) is 19.8.